The van der Waals surface area contributed by atoms with Crippen molar-refractivity contribution in [3.63, 3.8) is 0 Å². The molecule has 2 rings (SSSR count). The highest BCUT2D eigenvalue weighted by Crippen LogP contribution is 2.21. The Labute approximate surface area is 182 Å². The molecule has 2 aromatic rings. The SMILES string of the molecule is Cc1cc(O)cc(C)c1C[C@H](N)C(=O)N[C@H](C)C(=O)N[C@@H](Cc1ccccc1)C(N)=O. The zero-order chi connectivity index (χ0) is 23.1. The lowest BCUT2D eigenvalue weighted by Crippen LogP contribution is -2.55. The van der Waals surface area contributed by atoms with E-state index >= 15 is 0 Å². The summed E-state index contributed by atoms with van der Waals surface area (Å²) in [6, 6.07) is 9.72. The minimum absolute atomic E-state index is 0.154. The number of rotatable bonds is 9. The predicted octanol–water partition coefficient (Wildman–Crippen LogP) is 0.596. The van der Waals surface area contributed by atoms with Gasteiger partial charge in [-0.1, -0.05) is 30.3 Å². The number of carbonyl (C=O) groups excluding carboxylic acids is 3. The van der Waals surface area contributed by atoms with Crippen LogP contribution in [-0.4, -0.2) is 41.0 Å². The van der Waals surface area contributed by atoms with Crippen LogP contribution in [0.15, 0.2) is 42.5 Å². The highest BCUT2D eigenvalue weighted by molar-refractivity contribution is 5.92. The van der Waals surface area contributed by atoms with Crippen molar-refractivity contribution in [3.8, 4) is 5.75 Å². The fraction of sp³-hybridized carbons (Fsp3) is 0.348. The molecule has 0 saturated heterocycles. The van der Waals surface area contributed by atoms with E-state index in [1.54, 1.807) is 12.1 Å². The number of primary amides is 1. The van der Waals surface area contributed by atoms with Crippen molar-refractivity contribution >= 4 is 17.7 Å². The summed E-state index contributed by atoms with van der Waals surface area (Å²) < 4.78 is 0. The van der Waals surface area contributed by atoms with Crippen LogP contribution < -0.4 is 22.1 Å². The van der Waals surface area contributed by atoms with Gasteiger partial charge < -0.3 is 27.2 Å². The summed E-state index contributed by atoms with van der Waals surface area (Å²) in [6.07, 6.45) is 0.511. The summed E-state index contributed by atoms with van der Waals surface area (Å²) in [7, 11) is 0. The topological polar surface area (TPSA) is 148 Å². The van der Waals surface area contributed by atoms with Crippen LogP contribution in [0.1, 0.15) is 29.2 Å². The van der Waals surface area contributed by atoms with E-state index in [4.69, 9.17) is 11.5 Å². The number of hydrogen-bond donors (Lipinski definition) is 5. The fourth-order valence-electron chi connectivity index (χ4n) is 3.36. The number of nitrogens with one attached hydrogen (secondary N) is 2. The van der Waals surface area contributed by atoms with Gasteiger partial charge in [-0.3, -0.25) is 14.4 Å². The third-order valence-electron chi connectivity index (χ3n) is 5.14. The summed E-state index contributed by atoms with van der Waals surface area (Å²) in [4.78, 5) is 36.8. The summed E-state index contributed by atoms with van der Waals surface area (Å²) >= 11 is 0. The molecule has 0 fully saturated rings. The molecule has 31 heavy (non-hydrogen) atoms. The van der Waals surface area contributed by atoms with Gasteiger partial charge in [-0.05, 0) is 61.6 Å². The van der Waals surface area contributed by atoms with Crippen LogP contribution in [0.3, 0.4) is 0 Å². The Hall–Kier alpha value is -3.39. The lowest BCUT2D eigenvalue weighted by atomic mass is 9.96. The van der Waals surface area contributed by atoms with Gasteiger partial charge in [-0.15, -0.1) is 0 Å². The summed E-state index contributed by atoms with van der Waals surface area (Å²) in [6.45, 7) is 5.18. The van der Waals surface area contributed by atoms with Crippen molar-refractivity contribution in [3.05, 3.63) is 64.7 Å². The Morgan fingerprint density at radius 3 is 2.10 bits per heavy atom. The van der Waals surface area contributed by atoms with Crippen molar-refractivity contribution in [1.29, 1.82) is 0 Å². The molecule has 0 radical (unpaired) electrons. The first-order valence-electron chi connectivity index (χ1n) is 10.1. The number of phenols is 1. The van der Waals surface area contributed by atoms with Crippen molar-refractivity contribution in [1.82, 2.24) is 10.6 Å². The van der Waals surface area contributed by atoms with Gasteiger partial charge in [-0.25, -0.2) is 0 Å². The van der Waals surface area contributed by atoms with Crippen LogP contribution in [0.2, 0.25) is 0 Å². The fourth-order valence-corrected chi connectivity index (χ4v) is 3.36. The van der Waals surface area contributed by atoms with E-state index in [0.717, 1.165) is 22.3 Å². The van der Waals surface area contributed by atoms with Crippen LogP contribution in [-0.2, 0) is 27.2 Å². The zero-order valence-corrected chi connectivity index (χ0v) is 18.0. The second kappa shape index (κ2) is 10.6. The standard InChI is InChI=1S/C23H30N4O4/c1-13-9-17(28)10-14(2)18(13)12-19(24)23(31)26-15(3)22(30)27-20(21(25)29)11-16-7-5-4-6-8-16/h4-10,15,19-20,28H,11-12,24H2,1-3H3,(H2,25,29)(H,26,31)(H,27,30)/t15-,19+,20+/m1/s1. The number of phenolic OH excluding ortho intramolecular Hbond substituents is 1. The normalized spacial score (nSPS) is 13.7. The Morgan fingerprint density at radius 2 is 1.55 bits per heavy atom. The molecule has 0 saturated carbocycles. The minimum Gasteiger partial charge on any atom is -0.508 e. The van der Waals surface area contributed by atoms with Crippen molar-refractivity contribution in [2.75, 3.05) is 0 Å². The molecule has 8 nitrogen and oxygen atoms in total. The van der Waals surface area contributed by atoms with E-state index in [9.17, 15) is 19.5 Å². The van der Waals surface area contributed by atoms with Gasteiger partial charge in [0, 0.05) is 6.42 Å². The monoisotopic (exact) mass is 426 g/mol. The Bertz CT molecular complexity index is 923. The molecule has 8 heteroatoms. The van der Waals surface area contributed by atoms with E-state index in [0.29, 0.717) is 0 Å². The molecule has 0 unspecified atom stereocenters. The average Bonchev–Trinajstić information content (AvgIpc) is 2.70. The van der Waals surface area contributed by atoms with E-state index in [2.05, 4.69) is 10.6 Å². The molecular formula is C23H30N4O4. The number of aromatic hydroxyl groups is 1. The largest absolute Gasteiger partial charge is 0.508 e. The number of hydrogen-bond acceptors (Lipinski definition) is 5. The van der Waals surface area contributed by atoms with Crippen LogP contribution in [0.5, 0.6) is 5.75 Å². The van der Waals surface area contributed by atoms with Gasteiger partial charge in [0.05, 0.1) is 6.04 Å². The third-order valence-corrected chi connectivity index (χ3v) is 5.14. The third kappa shape index (κ3) is 6.82. The van der Waals surface area contributed by atoms with Crippen molar-refractivity contribution in [2.45, 2.75) is 51.7 Å². The predicted molar refractivity (Wildman–Crippen MR) is 118 cm³/mol. The van der Waals surface area contributed by atoms with Crippen molar-refractivity contribution < 1.29 is 19.5 Å². The van der Waals surface area contributed by atoms with E-state index in [1.165, 1.54) is 6.92 Å². The molecule has 0 spiro atoms. The first kappa shape index (κ1) is 23.9. The summed E-state index contributed by atoms with van der Waals surface area (Å²) in [5.74, 6) is -1.53. The van der Waals surface area contributed by atoms with Gasteiger partial charge in [-0.2, -0.15) is 0 Å². The molecule has 0 aromatic heterocycles. The van der Waals surface area contributed by atoms with Gasteiger partial charge in [0.25, 0.3) is 0 Å². The molecular weight excluding hydrogens is 396 g/mol. The van der Waals surface area contributed by atoms with Crippen LogP contribution in [0, 0.1) is 13.8 Å². The van der Waals surface area contributed by atoms with Gasteiger partial charge >= 0.3 is 0 Å². The molecule has 0 bridgehead atoms. The number of carbonyl (C=O) groups is 3. The second-order valence-corrected chi connectivity index (χ2v) is 7.75. The maximum absolute atomic E-state index is 12.5. The summed E-state index contributed by atoms with van der Waals surface area (Å²) in [5.41, 5.74) is 14.9. The molecule has 0 heterocycles. The Balaban J connectivity index is 1.96. The number of benzene rings is 2. The summed E-state index contributed by atoms with van der Waals surface area (Å²) in [5, 5.41) is 14.8. The highest BCUT2D eigenvalue weighted by Gasteiger charge is 2.25. The minimum atomic E-state index is -0.904. The van der Waals surface area contributed by atoms with Gasteiger partial charge in [0.2, 0.25) is 17.7 Å². The first-order chi connectivity index (χ1) is 14.6. The molecule has 0 aliphatic carbocycles. The molecule has 7 N–H and O–H groups in total. The van der Waals surface area contributed by atoms with Crippen molar-refractivity contribution in [2.24, 2.45) is 11.5 Å². The first-order valence-corrected chi connectivity index (χ1v) is 10.1. The van der Waals surface area contributed by atoms with Crippen LogP contribution in [0.4, 0.5) is 0 Å². The molecule has 166 valence electrons. The Morgan fingerprint density at radius 1 is 0.968 bits per heavy atom. The van der Waals surface area contributed by atoms with Crippen LogP contribution >= 0.6 is 0 Å². The maximum Gasteiger partial charge on any atom is 0.242 e. The lowest BCUT2D eigenvalue weighted by molar-refractivity contribution is -0.131. The van der Waals surface area contributed by atoms with Crippen LogP contribution in [0.25, 0.3) is 0 Å². The number of amides is 3. The Kier molecular flexibility index (Phi) is 8.15. The lowest BCUT2D eigenvalue weighted by Gasteiger charge is -2.21. The number of nitrogens with two attached hydrogens (primary N) is 2. The van der Waals surface area contributed by atoms with E-state index in [-0.39, 0.29) is 18.6 Å². The quantitative estimate of drug-likeness (QED) is 0.398. The molecule has 0 aliphatic rings. The van der Waals surface area contributed by atoms with Gasteiger partial charge in [0.15, 0.2) is 0 Å². The molecule has 0 aliphatic heterocycles. The smallest absolute Gasteiger partial charge is 0.242 e. The van der Waals surface area contributed by atoms with E-state index in [1.807, 2.05) is 44.2 Å². The molecule has 2 aromatic carbocycles. The maximum atomic E-state index is 12.5. The highest BCUT2D eigenvalue weighted by atomic mass is 16.3. The average molecular weight is 427 g/mol. The molecule has 3 atom stereocenters. The van der Waals surface area contributed by atoms with E-state index < -0.39 is 35.8 Å². The van der Waals surface area contributed by atoms with Gasteiger partial charge in [0.1, 0.15) is 17.8 Å². The zero-order valence-electron chi connectivity index (χ0n) is 18.0. The second-order valence-electron chi connectivity index (χ2n) is 7.75. The number of aryl methyl sites for hydroxylation is 2. The molecule has 3 amide bonds.